The number of halogens is 6. The van der Waals surface area contributed by atoms with Crippen LogP contribution in [0.4, 0.5) is 22.0 Å². The van der Waals surface area contributed by atoms with Crippen molar-refractivity contribution >= 4 is 35.8 Å². The first-order valence-electron chi connectivity index (χ1n) is 7.39. The second-order valence-corrected chi connectivity index (χ2v) is 5.15. The average Bonchev–Trinajstić information content (AvgIpc) is 2.51. The van der Waals surface area contributed by atoms with Crippen molar-refractivity contribution in [3.8, 4) is 0 Å². The predicted octanol–water partition coefficient (Wildman–Crippen LogP) is 2.66. The Morgan fingerprint density at radius 1 is 1.23 bits per heavy atom. The smallest absolute Gasteiger partial charge is 0.357 e. The van der Waals surface area contributed by atoms with Crippen LogP contribution in [0.1, 0.15) is 12.5 Å². The summed E-state index contributed by atoms with van der Waals surface area (Å²) < 4.78 is 63.4. The molecule has 0 unspecified atom stereocenters. The van der Waals surface area contributed by atoms with E-state index in [1.165, 1.54) is 0 Å². The summed E-state index contributed by atoms with van der Waals surface area (Å²) in [5, 5.41) is 5.31. The summed E-state index contributed by atoms with van der Waals surface area (Å²) >= 11 is 0. The summed E-state index contributed by atoms with van der Waals surface area (Å²) in [4.78, 5) is 16.2. The Kier molecular flexibility index (Phi) is 10.4. The molecule has 1 amide bonds. The van der Waals surface area contributed by atoms with Gasteiger partial charge in [-0.3, -0.25) is 4.79 Å². The van der Waals surface area contributed by atoms with Gasteiger partial charge in [-0.2, -0.15) is 13.2 Å². The molecular formula is C15H20F5IN4O. The van der Waals surface area contributed by atoms with Crippen molar-refractivity contribution in [3.63, 3.8) is 0 Å². The summed E-state index contributed by atoms with van der Waals surface area (Å²) in [6.45, 7) is 0.146. The summed E-state index contributed by atoms with van der Waals surface area (Å²) in [5.74, 6) is -1.95. The number of benzene rings is 1. The highest BCUT2D eigenvalue weighted by atomic mass is 127. The fraction of sp³-hybridized carbons (Fsp3) is 0.467. The van der Waals surface area contributed by atoms with Gasteiger partial charge in [0.05, 0.1) is 13.1 Å². The van der Waals surface area contributed by atoms with E-state index >= 15 is 0 Å². The van der Waals surface area contributed by atoms with Gasteiger partial charge >= 0.3 is 6.18 Å². The zero-order chi connectivity index (χ0) is 19.0. The molecule has 0 aromatic heterocycles. The Hall–Kier alpha value is -1.66. The molecule has 0 aliphatic carbocycles. The molecule has 0 saturated heterocycles. The van der Waals surface area contributed by atoms with E-state index in [9.17, 15) is 26.7 Å². The number of carbonyl (C=O) groups excluding carboxylic acids is 1. The Morgan fingerprint density at radius 2 is 1.88 bits per heavy atom. The number of nitrogens with zero attached hydrogens (tertiary/aromatic N) is 2. The molecule has 2 N–H and O–H groups in total. The van der Waals surface area contributed by atoms with Gasteiger partial charge in [0.15, 0.2) is 5.96 Å². The minimum absolute atomic E-state index is 0. The van der Waals surface area contributed by atoms with Gasteiger partial charge in [0.1, 0.15) is 18.2 Å². The van der Waals surface area contributed by atoms with Gasteiger partial charge in [0.2, 0.25) is 5.91 Å². The fourth-order valence-electron chi connectivity index (χ4n) is 1.82. The van der Waals surface area contributed by atoms with Gasteiger partial charge in [0.25, 0.3) is 0 Å². The zero-order valence-electron chi connectivity index (χ0n) is 14.2. The Balaban J connectivity index is 0.00000625. The third kappa shape index (κ3) is 9.15. The number of hydrogen-bond donors (Lipinski definition) is 2. The molecule has 148 valence electrons. The lowest BCUT2D eigenvalue weighted by atomic mass is 10.2. The maximum Gasteiger partial charge on any atom is 0.406 e. The molecule has 0 aliphatic rings. The van der Waals surface area contributed by atoms with E-state index in [0.29, 0.717) is 11.4 Å². The van der Waals surface area contributed by atoms with Crippen LogP contribution >= 0.6 is 24.0 Å². The van der Waals surface area contributed by atoms with E-state index < -0.39 is 36.8 Å². The van der Waals surface area contributed by atoms with E-state index in [1.54, 1.807) is 6.92 Å². The van der Waals surface area contributed by atoms with Gasteiger partial charge in [-0.1, -0.05) is 0 Å². The quantitative estimate of drug-likeness (QED) is 0.277. The molecule has 0 bridgehead atoms. The zero-order valence-corrected chi connectivity index (χ0v) is 16.5. The second kappa shape index (κ2) is 11.1. The maximum absolute atomic E-state index is 13.5. The minimum atomic E-state index is -4.49. The molecule has 0 fully saturated rings. The van der Waals surface area contributed by atoms with Crippen molar-refractivity contribution in [3.05, 3.63) is 35.4 Å². The van der Waals surface area contributed by atoms with Crippen LogP contribution in [-0.2, 0) is 11.3 Å². The predicted molar refractivity (Wildman–Crippen MR) is 98.3 cm³/mol. The number of rotatable bonds is 6. The fourth-order valence-corrected chi connectivity index (χ4v) is 1.82. The van der Waals surface area contributed by atoms with Crippen LogP contribution in [0.15, 0.2) is 23.2 Å². The van der Waals surface area contributed by atoms with E-state index in [2.05, 4.69) is 15.6 Å². The van der Waals surface area contributed by atoms with E-state index in [1.807, 2.05) is 0 Å². The van der Waals surface area contributed by atoms with Crippen LogP contribution in [0.25, 0.3) is 0 Å². The number of aliphatic imine (C=N–C) groups is 1. The molecule has 0 aliphatic heterocycles. The SMILES string of the molecule is CCNC(=NCc1cc(F)ccc1F)NCC(=O)N(C)CC(F)(F)F.I. The summed E-state index contributed by atoms with van der Waals surface area (Å²) in [6, 6.07) is 2.93. The van der Waals surface area contributed by atoms with E-state index in [0.717, 1.165) is 25.2 Å². The van der Waals surface area contributed by atoms with E-state index in [-0.39, 0.29) is 42.0 Å². The minimum Gasteiger partial charge on any atom is -0.357 e. The Morgan fingerprint density at radius 3 is 2.46 bits per heavy atom. The van der Waals surface area contributed by atoms with Crippen molar-refractivity contribution in [2.75, 3.05) is 26.7 Å². The standard InChI is InChI=1S/C15H19F5N4O.HI/c1-3-21-14(22-7-10-6-11(16)4-5-12(10)17)23-8-13(25)24(2)9-15(18,19)20;/h4-6H,3,7-9H2,1-2H3,(H2,21,22,23);1H. The largest absolute Gasteiger partial charge is 0.406 e. The molecule has 0 saturated carbocycles. The highest BCUT2D eigenvalue weighted by molar-refractivity contribution is 14.0. The Bertz CT molecular complexity index is 625. The van der Waals surface area contributed by atoms with Gasteiger partial charge < -0.3 is 15.5 Å². The number of alkyl halides is 3. The number of amides is 1. The molecule has 0 atom stereocenters. The third-order valence-corrected chi connectivity index (χ3v) is 3.01. The molecular weight excluding hydrogens is 474 g/mol. The van der Waals surface area contributed by atoms with Gasteiger partial charge in [-0.15, -0.1) is 24.0 Å². The van der Waals surface area contributed by atoms with Crippen LogP contribution in [0.3, 0.4) is 0 Å². The van der Waals surface area contributed by atoms with E-state index in [4.69, 9.17) is 0 Å². The molecule has 1 aromatic carbocycles. The van der Waals surface area contributed by atoms with Crippen LogP contribution < -0.4 is 10.6 Å². The lowest BCUT2D eigenvalue weighted by Gasteiger charge is -2.20. The van der Waals surface area contributed by atoms with Crippen molar-refractivity contribution in [1.82, 2.24) is 15.5 Å². The lowest BCUT2D eigenvalue weighted by molar-refractivity contribution is -0.157. The average molecular weight is 494 g/mol. The summed E-state index contributed by atoms with van der Waals surface area (Å²) in [6.07, 6.45) is -4.49. The maximum atomic E-state index is 13.5. The first-order valence-corrected chi connectivity index (χ1v) is 7.39. The van der Waals surface area contributed by atoms with Crippen LogP contribution in [0, 0.1) is 11.6 Å². The Labute approximate surface area is 165 Å². The highest BCUT2D eigenvalue weighted by Crippen LogP contribution is 2.15. The molecule has 1 aromatic rings. The first-order chi connectivity index (χ1) is 11.6. The normalized spacial score (nSPS) is 11.6. The molecule has 1 rings (SSSR count). The molecule has 26 heavy (non-hydrogen) atoms. The van der Waals surface area contributed by atoms with Crippen LogP contribution in [0.2, 0.25) is 0 Å². The molecule has 5 nitrogen and oxygen atoms in total. The molecule has 0 spiro atoms. The van der Waals surface area contributed by atoms with Gasteiger partial charge in [-0.25, -0.2) is 13.8 Å². The van der Waals surface area contributed by atoms with Gasteiger partial charge in [0, 0.05) is 19.2 Å². The second-order valence-electron chi connectivity index (χ2n) is 5.15. The third-order valence-electron chi connectivity index (χ3n) is 3.01. The molecule has 11 heteroatoms. The number of nitrogens with one attached hydrogen (secondary N) is 2. The van der Waals surface area contributed by atoms with Crippen molar-refractivity contribution < 1.29 is 26.7 Å². The number of guanidine groups is 1. The van der Waals surface area contributed by atoms with Gasteiger partial charge in [-0.05, 0) is 25.1 Å². The summed E-state index contributed by atoms with van der Waals surface area (Å²) in [5.41, 5.74) is 0.0118. The number of likely N-dealkylation sites (N-methyl/N-ethyl adjacent to an activating group) is 1. The number of carbonyl (C=O) groups is 1. The van der Waals surface area contributed by atoms with Crippen molar-refractivity contribution in [2.45, 2.75) is 19.6 Å². The van der Waals surface area contributed by atoms with Crippen molar-refractivity contribution in [2.24, 2.45) is 4.99 Å². The van der Waals surface area contributed by atoms with Crippen LogP contribution in [-0.4, -0.2) is 49.6 Å². The molecule has 0 radical (unpaired) electrons. The lowest BCUT2D eigenvalue weighted by Crippen LogP contribution is -2.45. The van der Waals surface area contributed by atoms with Crippen molar-refractivity contribution in [1.29, 1.82) is 0 Å². The first kappa shape index (κ1) is 24.3. The van der Waals surface area contributed by atoms with Crippen LogP contribution in [0.5, 0.6) is 0 Å². The molecule has 0 heterocycles. The summed E-state index contributed by atoms with van der Waals surface area (Å²) in [7, 11) is 1.03. The highest BCUT2D eigenvalue weighted by Gasteiger charge is 2.31. The number of hydrogen-bond acceptors (Lipinski definition) is 2. The topological polar surface area (TPSA) is 56.7 Å². The monoisotopic (exact) mass is 494 g/mol.